The normalized spacial score (nSPS) is 31.1. The SMILES string of the molecule is Cc1c(Cl)ncnc1N1CCC2(O)CCCCC2C1. The van der Waals surface area contributed by atoms with E-state index in [9.17, 15) is 5.11 Å². The first-order chi connectivity index (χ1) is 9.10. The first-order valence-electron chi connectivity index (χ1n) is 7.04. The summed E-state index contributed by atoms with van der Waals surface area (Å²) < 4.78 is 0. The van der Waals surface area contributed by atoms with Gasteiger partial charge in [-0.05, 0) is 26.2 Å². The number of hydrogen-bond acceptors (Lipinski definition) is 4. The molecule has 2 atom stereocenters. The van der Waals surface area contributed by atoms with E-state index < -0.39 is 5.60 Å². The lowest BCUT2D eigenvalue weighted by Gasteiger charge is -2.48. The van der Waals surface area contributed by atoms with Crippen molar-refractivity contribution < 1.29 is 5.11 Å². The molecule has 1 saturated carbocycles. The van der Waals surface area contributed by atoms with Crippen LogP contribution in [0.1, 0.15) is 37.7 Å². The second-order valence-corrected chi connectivity index (χ2v) is 6.21. The molecule has 1 aromatic heterocycles. The van der Waals surface area contributed by atoms with Crippen molar-refractivity contribution in [1.29, 1.82) is 0 Å². The van der Waals surface area contributed by atoms with E-state index in [4.69, 9.17) is 11.6 Å². The van der Waals surface area contributed by atoms with E-state index in [1.54, 1.807) is 0 Å². The molecule has 2 fully saturated rings. The highest BCUT2D eigenvalue weighted by Crippen LogP contribution is 2.41. The van der Waals surface area contributed by atoms with Crippen LogP contribution in [0.5, 0.6) is 0 Å². The lowest BCUT2D eigenvalue weighted by molar-refractivity contribution is -0.0613. The summed E-state index contributed by atoms with van der Waals surface area (Å²) in [6.07, 6.45) is 6.81. The van der Waals surface area contributed by atoms with Gasteiger partial charge in [-0.1, -0.05) is 24.4 Å². The molecule has 19 heavy (non-hydrogen) atoms. The first-order valence-corrected chi connectivity index (χ1v) is 7.42. The van der Waals surface area contributed by atoms with Crippen LogP contribution >= 0.6 is 11.6 Å². The topological polar surface area (TPSA) is 49.2 Å². The number of anilines is 1. The van der Waals surface area contributed by atoms with Gasteiger partial charge in [-0.2, -0.15) is 0 Å². The van der Waals surface area contributed by atoms with Gasteiger partial charge in [0.1, 0.15) is 17.3 Å². The predicted molar refractivity (Wildman–Crippen MR) is 75.5 cm³/mol. The summed E-state index contributed by atoms with van der Waals surface area (Å²) in [6.45, 7) is 3.69. The summed E-state index contributed by atoms with van der Waals surface area (Å²) in [6, 6.07) is 0. The highest BCUT2D eigenvalue weighted by Gasteiger charge is 2.43. The first kappa shape index (κ1) is 13.1. The van der Waals surface area contributed by atoms with Crippen molar-refractivity contribution in [3.05, 3.63) is 17.0 Å². The maximum Gasteiger partial charge on any atom is 0.137 e. The number of nitrogens with zero attached hydrogens (tertiary/aromatic N) is 3. The van der Waals surface area contributed by atoms with Crippen LogP contribution in [-0.2, 0) is 0 Å². The lowest BCUT2D eigenvalue weighted by Crippen LogP contribution is -2.53. The maximum atomic E-state index is 10.7. The van der Waals surface area contributed by atoms with Crippen LogP contribution in [0.3, 0.4) is 0 Å². The van der Waals surface area contributed by atoms with Crippen molar-refractivity contribution in [3.63, 3.8) is 0 Å². The van der Waals surface area contributed by atoms with Crippen molar-refractivity contribution in [2.75, 3.05) is 18.0 Å². The Labute approximate surface area is 118 Å². The fourth-order valence-electron chi connectivity index (χ4n) is 3.50. The van der Waals surface area contributed by atoms with E-state index in [-0.39, 0.29) is 0 Å². The molecule has 0 bridgehead atoms. The van der Waals surface area contributed by atoms with Gasteiger partial charge in [0.25, 0.3) is 0 Å². The van der Waals surface area contributed by atoms with Crippen molar-refractivity contribution in [2.45, 2.75) is 44.6 Å². The van der Waals surface area contributed by atoms with Crippen LogP contribution in [0.25, 0.3) is 0 Å². The smallest absolute Gasteiger partial charge is 0.137 e. The highest BCUT2D eigenvalue weighted by molar-refractivity contribution is 6.30. The van der Waals surface area contributed by atoms with Crippen LogP contribution in [-0.4, -0.2) is 33.8 Å². The summed E-state index contributed by atoms with van der Waals surface area (Å²) in [5.74, 6) is 1.29. The van der Waals surface area contributed by atoms with Crippen LogP contribution < -0.4 is 4.90 Å². The minimum absolute atomic E-state index is 0.364. The van der Waals surface area contributed by atoms with Crippen molar-refractivity contribution in [3.8, 4) is 0 Å². The number of hydrogen-bond donors (Lipinski definition) is 1. The van der Waals surface area contributed by atoms with Gasteiger partial charge in [-0.3, -0.25) is 0 Å². The number of halogens is 1. The van der Waals surface area contributed by atoms with Crippen molar-refractivity contribution in [1.82, 2.24) is 9.97 Å². The highest BCUT2D eigenvalue weighted by atomic mass is 35.5. The van der Waals surface area contributed by atoms with Gasteiger partial charge in [0.15, 0.2) is 0 Å². The molecule has 1 N–H and O–H groups in total. The Morgan fingerprint density at radius 1 is 1.37 bits per heavy atom. The number of aromatic nitrogens is 2. The molecule has 2 aliphatic rings. The molecule has 2 unspecified atom stereocenters. The molecule has 104 valence electrons. The molecule has 0 aromatic carbocycles. The molecule has 0 amide bonds. The van der Waals surface area contributed by atoms with E-state index in [0.29, 0.717) is 11.1 Å². The van der Waals surface area contributed by atoms with E-state index in [1.807, 2.05) is 6.92 Å². The van der Waals surface area contributed by atoms with Crippen LogP contribution in [0.15, 0.2) is 6.33 Å². The average Bonchev–Trinajstić information content (AvgIpc) is 2.41. The van der Waals surface area contributed by atoms with E-state index >= 15 is 0 Å². The van der Waals surface area contributed by atoms with Crippen LogP contribution in [0.4, 0.5) is 5.82 Å². The number of piperidine rings is 1. The zero-order chi connectivity index (χ0) is 13.5. The Morgan fingerprint density at radius 3 is 3.05 bits per heavy atom. The van der Waals surface area contributed by atoms with Crippen LogP contribution in [0, 0.1) is 12.8 Å². The average molecular weight is 282 g/mol. The van der Waals surface area contributed by atoms with Gasteiger partial charge in [0.05, 0.1) is 5.60 Å². The molecule has 0 radical (unpaired) electrons. The number of aliphatic hydroxyl groups is 1. The third kappa shape index (κ3) is 2.32. The van der Waals surface area contributed by atoms with Gasteiger partial charge in [-0.25, -0.2) is 9.97 Å². The number of rotatable bonds is 1. The minimum Gasteiger partial charge on any atom is -0.389 e. The van der Waals surface area contributed by atoms with Gasteiger partial charge >= 0.3 is 0 Å². The zero-order valence-electron chi connectivity index (χ0n) is 11.3. The molecule has 1 aliphatic carbocycles. The molecule has 3 rings (SSSR count). The third-order valence-corrected chi connectivity index (χ3v) is 5.10. The Kier molecular flexibility index (Phi) is 3.39. The van der Waals surface area contributed by atoms with E-state index in [0.717, 1.165) is 50.2 Å². The van der Waals surface area contributed by atoms with Gasteiger partial charge in [0.2, 0.25) is 0 Å². The standard InChI is InChI=1S/C14H20ClN3O/c1-10-12(15)16-9-17-13(10)18-7-6-14(19)5-3-2-4-11(14)8-18/h9,11,19H,2-8H2,1H3. The molecule has 1 aliphatic heterocycles. The Morgan fingerprint density at radius 2 is 2.21 bits per heavy atom. The monoisotopic (exact) mass is 281 g/mol. The second-order valence-electron chi connectivity index (χ2n) is 5.86. The van der Waals surface area contributed by atoms with E-state index in [1.165, 1.54) is 12.7 Å². The maximum absolute atomic E-state index is 10.7. The van der Waals surface area contributed by atoms with Gasteiger partial charge in [0, 0.05) is 24.6 Å². The zero-order valence-corrected chi connectivity index (χ0v) is 12.0. The summed E-state index contributed by atoms with van der Waals surface area (Å²) in [5.41, 5.74) is 0.491. The molecule has 2 heterocycles. The molecule has 5 heteroatoms. The predicted octanol–water partition coefficient (Wildman–Crippen LogP) is 2.57. The van der Waals surface area contributed by atoms with Crippen LogP contribution in [0.2, 0.25) is 5.15 Å². The Balaban J connectivity index is 1.83. The summed E-state index contributed by atoms with van der Waals surface area (Å²) in [5, 5.41) is 11.2. The fourth-order valence-corrected chi connectivity index (χ4v) is 3.63. The number of fused-ring (bicyclic) bond motifs is 1. The Bertz CT molecular complexity index is 482. The Hall–Kier alpha value is -0.870. The van der Waals surface area contributed by atoms with Gasteiger partial charge < -0.3 is 10.0 Å². The summed E-state index contributed by atoms with van der Waals surface area (Å²) in [4.78, 5) is 10.6. The lowest BCUT2D eigenvalue weighted by atomic mass is 9.71. The summed E-state index contributed by atoms with van der Waals surface area (Å²) in [7, 11) is 0. The summed E-state index contributed by atoms with van der Waals surface area (Å²) >= 11 is 6.07. The van der Waals surface area contributed by atoms with Gasteiger partial charge in [-0.15, -0.1) is 0 Å². The molecule has 0 spiro atoms. The molecule has 4 nitrogen and oxygen atoms in total. The van der Waals surface area contributed by atoms with E-state index in [2.05, 4.69) is 14.9 Å². The quantitative estimate of drug-likeness (QED) is 0.804. The van der Waals surface area contributed by atoms with Crippen molar-refractivity contribution >= 4 is 17.4 Å². The third-order valence-electron chi connectivity index (χ3n) is 4.72. The minimum atomic E-state index is -0.445. The second kappa shape index (κ2) is 4.91. The fraction of sp³-hybridized carbons (Fsp3) is 0.714. The molecule has 1 aromatic rings. The van der Waals surface area contributed by atoms with Crippen molar-refractivity contribution in [2.24, 2.45) is 5.92 Å². The molecular weight excluding hydrogens is 262 g/mol. The molecule has 1 saturated heterocycles. The molecular formula is C14H20ClN3O. The largest absolute Gasteiger partial charge is 0.389 e.